The van der Waals surface area contributed by atoms with Crippen LogP contribution in [-0.4, -0.2) is 17.4 Å². The molecule has 1 aliphatic carbocycles. The highest BCUT2D eigenvalue weighted by atomic mass is 35.5. The molecule has 0 aliphatic heterocycles. The van der Waals surface area contributed by atoms with Gasteiger partial charge in [0.05, 0.1) is 15.2 Å². The van der Waals surface area contributed by atoms with Gasteiger partial charge in [0.15, 0.2) is 5.13 Å². The van der Waals surface area contributed by atoms with Crippen LogP contribution >= 0.6 is 22.9 Å². The van der Waals surface area contributed by atoms with Crippen molar-refractivity contribution in [1.82, 2.24) is 10.3 Å². The van der Waals surface area contributed by atoms with Crippen molar-refractivity contribution in [1.29, 1.82) is 0 Å². The highest BCUT2D eigenvalue weighted by Crippen LogP contribution is 2.31. The molecule has 27 heavy (non-hydrogen) atoms. The molecule has 0 radical (unpaired) electrons. The Bertz CT molecular complexity index is 1030. The molecular weight excluding hydrogens is 403 g/mol. The SMILES string of the molecule is CC1=CC=C(Cl)C(NC(=O)Nc2nc3ccc(OC(F)(F)F)cc3s2)=C=C1. The Balaban J connectivity index is 1.73. The molecule has 10 heteroatoms. The van der Waals surface area contributed by atoms with Crippen molar-refractivity contribution in [3.63, 3.8) is 0 Å². The van der Waals surface area contributed by atoms with Gasteiger partial charge in [0, 0.05) is 6.07 Å². The Morgan fingerprint density at radius 3 is 2.81 bits per heavy atom. The molecule has 140 valence electrons. The number of fused-ring (bicyclic) bond motifs is 1. The van der Waals surface area contributed by atoms with E-state index in [4.69, 9.17) is 11.6 Å². The normalized spacial score (nSPS) is 14.2. The quantitative estimate of drug-likeness (QED) is 0.659. The summed E-state index contributed by atoms with van der Waals surface area (Å²) < 4.78 is 41.2. The lowest BCUT2D eigenvalue weighted by atomic mass is 10.3. The number of benzene rings is 1. The first kappa shape index (κ1) is 19.0. The fourth-order valence-electron chi connectivity index (χ4n) is 2.08. The van der Waals surface area contributed by atoms with Crippen LogP contribution in [0.5, 0.6) is 5.75 Å². The summed E-state index contributed by atoms with van der Waals surface area (Å²) in [4.78, 5) is 16.3. The smallest absolute Gasteiger partial charge is 0.406 e. The van der Waals surface area contributed by atoms with Crippen molar-refractivity contribution in [3.8, 4) is 5.75 Å². The van der Waals surface area contributed by atoms with E-state index in [0.29, 0.717) is 15.2 Å². The second-order valence-corrected chi connectivity index (χ2v) is 6.80. The number of aromatic nitrogens is 1. The van der Waals surface area contributed by atoms with Crippen molar-refractivity contribution in [2.45, 2.75) is 13.3 Å². The number of hydrogen-bond acceptors (Lipinski definition) is 4. The van der Waals surface area contributed by atoms with Crippen LogP contribution in [0, 0.1) is 0 Å². The van der Waals surface area contributed by atoms with E-state index >= 15 is 0 Å². The number of amides is 2. The summed E-state index contributed by atoms with van der Waals surface area (Å²) in [7, 11) is 0. The summed E-state index contributed by atoms with van der Waals surface area (Å²) in [6.07, 6.45) is 0.291. The minimum Gasteiger partial charge on any atom is -0.406 e. The van der Waals surface area contributed by atoms with Crippen molar-refractivity contribution in [3.05, 3.63) is 58.5 Å². The zero-order valence-corrected chi connectivity index (χ0v) is 15.2. The van der Waals surface area contributed by atoms with Gasteiger partial charge < -0.3 is 4.74 Å². The standard InChI is InChI=1S/C17H11ClF3N3O2S/c1-9-2-5-11(18)12(6-3-9)22-15(25)24-16-23-13-7-4-10(8-14(13)27-16)26-17(19,20)21/h2-5,7-8H,1H3,(H2,22,23,24,25). The number of hydrogen-bond donors (Lipinski definition) is 2. The van der Waals surface area contributed by atoms with Crippen LogP contribution in [0.2, 0.25) is 0 Å². The van der Waals surface area contributed by atoms with Gasteiger partial charge >= 0.3 is 12.4 Å². The van der Waals surface area contributed by atoms with E-state index in [1.807, 2.05) is 6.92 Å². The molecule has 0 unspecified atom stereocenters. The number of ether oxygens (including phenoxy) is 1. The number of alkyl halides is 3. The number of urea groups is 1. The zero-order valence-electron chi connectivity index (χ0n) is 13.6. The summed E-state index contributed by atoms with van der Waals surface area (Å²) in [5.41, 5.74) is 4.48. The van der Waals surface area contributed by atoms with Crippen molar-refractivity contribution in [2.24, 2.45) is 0 Å². The van der Waals surface area contributed by atoms with Gasteiger partial charge in [-0.2, -0.15) is 0 Å². The highest BCUT2D eigenvalue weighted by molar-refractivity contribution is 7.22. The molecule has 0 saturated carbocycles. The molecule has 2 aromatic rings. The Morgan fingerprint density at radius 2 is 2.07 bits per heavy atom. The lowest BCUT2D eigenvalue weighted by molar-refractivity contribution is -0.274. The largest absolute Gasteiger partial charge is 0.573 e. The Morgan fingerprint density at radius 1 is 1.30 bits per heavy atom. The van der Waals surface area contributed by atoms with Crippen molar-refractivity contribution in [2.75, 3.05) is 5.32 Å². The number of anilines is 1. The van der Waals surface area contributed by atoms with Gasteiger partial charge in [-0.3, -0.25) is 10.6 Å². The maximum absolute atomic E-state index is 12.3. The lowest BCUT2D eigenvalue weighted by Gasteiger charge is -2.07. The average Bonchev–Trinajstić information content (AvgIpc) is 2.88. The Kier molecular flexibility index (Phi) is 5.27. The van der Waals surface area contributed by atoms with Gasteiger partial charge in [0.25, 0.3) is 0 Å². The first-order chi connectivity index (χ1) is 12.7. The molecule has 0 saturated heterocycles. The number of nitrogens with zero attached hydrogens (tertiary/aromatic N) is 1. The number of rotatable bonds is 3. The van der Waals surface area contributed by atoms with E-state index in [1.54, 1.807) is 18.2 Å². The third kappa shape index (κ3) is 5.13. The van der Waals surface area contributed by atoms with Gasteiger partial charge in [-0.15, -0.1) is 13.2 Å². The molecule has 0 fully saturated rings. The molecule has 0 spiro atoms. The van der Waals surface area contributed by atoms with Crippen molar-refractivity contribution >= 4 is 44.3 Å². The molecule has 2 N–H and O–H groups in total. The highest BCUT2D eigenvalue weighted by Gasteiger charge is 2.31. The lowest BCUT2D eigenvalue weighted by Crippen LogP contribution is -2.27. The minimum absolute atomic E-state index is 0.208. The van der Waals surface area contributed by atoms with E-state index in [1.165, 1.54) is 12.1 Å². The molecular formula is C17H11ClF3N3O2S. The van der Waals surface area contributed by atoms with Gasteiger partial charge in [-0.25, -0.2) is 9.78 Å². The second-order valence-electron chi connectivity index (χ2n) is 5.36. The monoisotopic (exact) mass is 413 g/mol. The Labute approximate surface area is 160 Å². The number of carbonyl (C=O) groups excluding carboxylic acids is 1. The van der Waals surface area contributed by atoms with E-state index in [-0.39, 0.29) is 16.6 Å². The first-order valence-corrected chi connectivity index (χ1v) is 8.64. The predicted molar refractivity (Wildman–Crippen MR) is 97.7 cm³/mol. The third-order valence-electron chi connectivity index (χ3n) is 3.23. The van der Waals surface area contributed by atoms with Crippen LogP contribution in [0.3, 0.4) is 0 Å². The molecule has 3 rings (SSSR count). The van der Waals surface area contributed by atoms with Crippen molar-refractivity contribution < 1.29 is 22.7 Å². The fourth-order valence-corrected chi connectivity index (χ4v) is 3.14. The number of thiazole rings is 1. The predicted octanol–water partition coefficient (Wildman–Crippen LogP) is 5.44. The maximum atomic E-state index is 12.3. The fraction of sp³-hybridized carbons (Fsp3) is 0.118. The van der Waals surface area contributed by atoms with Crippen LogP contribution < -0.4 is 15.4 Å². The molecule has 0 atom stereocenters. The summed E-state index contributed by atoms with van der Waals surface area (Å²) in [6.45, 7) is 1.86. The second kappa shape index (κ2) is 7.48. The first-order valence-electron chi connectivity index (χ1n) is 7.45. The van der Waals surface area contributed by atoms with Gasteiger partial charge in [-0.1, -0.05) is 34.7 Å². The topological polar surface area (TPSA) is 63.2 Å². The van der Waals surface area contributed by atoms with Gasteiger partial charge in [0.1, 0.15) is 11.4 Å². The van der Waals surface area contributed by atoms with E-state index in [9.17, 15) is 18.0 Å². The molecule has 1 heterocycles. The maximum Gasteiger partial charge on any atom is 0.573 e. The molecule has 0 bridgehead atoms. The van der Waals surface area contributed by atoms with Gasteiger partial charge in [-0.05, 0) is 36.8 Å². The summed E-state index contributed by atoms with van der Waals surface area (Å²) in [6, 6.07) is 3.12. The molecule has 1 aromatic carbocycles. The Hall–Kier alpha value is -2.74. The van der Waals surface area contributed by atoms with Crippen LogP contribution in [0.4, 0.5) is 23.1 Å². The minimum atomic E-state index is -4.78. The number of nitrogens with one attached hydrogen (secondary N) is 2. The molecule has 1 aliphatic rings. The molecule has 5 nitrogen and oxygen atoms in total. The third-order valence-corrected chi connectivity index (χ3v) is 4.48. The van der Waals surface area contributed by atoms with Crippen LogP contribution in [0.1, 0.15) is 6.92 Å². The zero-order chi connectivity index (χ0) is 19.6. The van der Waals surface area contributed by atoms with Crippen LogP contribution in [0.15, 0.2) is 58.5 Å². The van der Waals surface area contributed by atoms with E-state index in [2.05, 4.69) is 26.1 Å². The van der Waals surface area contributed by atoms with Crippen LogP contribution in [0.25, 0.3) is 10.2 Å². The number of halogens is 4. The van der Waals surface area contributed by atoms with Crippen LogP contribution in [-0.2, 0) is 0 Å². The molecule has 1 aromatic heterocycles. The van der Waals surface area contributed by atoms with E-state index in [0.717, 1.165) is 23.0 Å². The average molecular weight is 414 g/mol. The number of allylic oxidation sites excluding steroid dienone is 4. The van der Waals surface area contributed by atoms with Gasteiger partial charge in [0.2, 0.25) is 0 Å². The summed E-state index contributed by atoms with van der Waals surface area (Å²) in [5, 5.41) is 5.57. The molecule has 2 amide bonds. The summed E-state index contributed by atoms with van der Waals surface area (Å²) >= 11 is 7.08. The van der Waals surface area contributed by atoms with E-state index < -0.39 is 12.4 Å². The number of carbonyl (C=O) groups is 1. The summed E-state index contributed by atoms with van der Waals surface area (Å²) in [5.74, 6) is -0.358.